The van der Waals surface area contributed by atoms with Crippen LogP contribution in [-0.2, 0) is 0 Å². The summed E-state index contributed by atoms with van der Waals surface area (Å²) in [5.41, 5.74) is -0.491. The van der Waals surface area contributed by atoms with E-state index in [4.69, 9.17) is 0 Å². The van der Waals surface area contributed by atoms with Crippen molar-refractivity contribution in [1.82, 2.24) is 10.6 Å². The molecule has 0 aromatic rings. The summed E-state index contributed by atoms with van der Waals surface area (Å²) in [6.07, 6.45) is 6.04. The summed E-state index contributed by atoms with van der Waals surface area (Å²) in [5, 5.41) is 16.2. The zero-order chi connectivity index (χ0) is 12.1. The van der Waals surface area contributed by atoms with Gasteiger partial charge in [0.1, 0.15) is 0 Å². The van der Waals surface area contributed by atoms with E-state index in [2.05, 4.69) is 10.6 Å². The van der Waals surface area contributed by atoms with Crippen LogP contribution in [0.4, 0.5) is 4.79 Å². The number of aliphatic hydroxyl groups is 1. The average Bonchev–Trinajstić information content (AvgIpc) is 2.77. The number of carbonyl (C=O) groups is 1. The lowest BCUT2D eigenvalue weighted by Crippen LogP contribution is -2.43. The first-order valence-corrected chi connectivity index (χ1v) is 7.59. The highest BCUT2D eigenvalue weighted by Gasteiger charge is 2.33. The van der Waals surface area contributed by atoms with Crippen LogP contribution in [0.15, 0.2) is 0 Å². The van der Waals surface area contributed by atoms with E-state index in [0.717, 1.165) is 25.8 Å². The number of nitrogens with one attached hydrogen (secondary N) is 2. The lowest BCUT2D eigenvalue weighted by atomic mass is 9.78. The van der Waals surface area contributed by atoms with E-state index in [1.807, 2.05) is 11.8 Å². The number of urea groups is 1. The van der Waals surface area contributed by atoms with Gasteiger partial charge in [-0.1, -0.05) is 0 Å². The van der Waals surface area contributed by atoms with Crippen molar-refractivity contribution < 1.29 is 9.90 Å². The van der Waals surface area contributed by atoms with E-state index in [9.17, 15) is 9.90 Å². The zero-order valence-corrected chi connectivity index (χ0v) is 11.0. The molecule has 1 saturated carbocycles. The quantitative estimate of drug-likeness (QED) is 0.700. The first-order valence-electron chi connectivity index (χ1n) is 6.54. The third kappa shape index (κ3) is 4.07. The molecule has 5 heteroatoms. The molecule has 4 nitrogen and oxygen atoms in total. The van der Waals surface area contributed by atoms with Gasteiger partial charge in [-0.3, -0.25) is 0 Å². The first kappa shape index (κ1) is 13.0. The van der Waals surface area contributed by atoms with Gasteiger partial charge in [-0.25, -0.2) is 4.79 Å². The number of rotatable bonds is 5. The van der Waals surface area contributed by atoms with Gasteiger partial charge in [-0.2, -0.15) is 11.8 Å². The molecule has 2 rings (SSSR count). The van der Waals surface area contributed by atoms with Crippen LogP contribution in [0.25, 0.3) is 0 Å². The fourth-order valence-corrected chi connectivity index (χ4v) is 3.52. The van der Waals surface area contributed by atoms with Gasteiger partial charge in [0.25, 0.3) is 0 Å². The van der Waals surface area contributed by atoms with Gasteiger partial charge in [-0.05, 0) is 44.3 Å². The van der Waals surface area contributed by atoms with E-state index >= 15 is 0 Å². The van der Waals surface area contributed by atoms with Crippen molar-refractivity contribution in [2.45, 2.75) is 49.4 Å². The van der Waals surface area contributed by atoms with Crippen LogP contribution in [0.3, 0.4) is 0 Å². The van der Waals surface area contributed by atoms with E-state index in [1.54, 1.807) is 0 Å². The normalized spacial score (nSPS) is 26.3. The van der Waals surface area contributed by atoms with Crippen LogP contribution in [-0.4, -0.2) is 40.8 Å². The van der Waals surface area contributed by atoms with Gasteiger partial charge in [-0.15, -0.1) is 0 Å². The molecule has 1 aliphatic carbocycles. The fourth-order valence-electron chi connectivity index (χ4n) is 2.32. The number of amides is 2. The summed E-state index contributed by atoms with van der Waals surface area (Å²) in [7, 11) is 0. The minimum atomic E-state index is -0.491. The largest absolute Gasteiger partial charge is 0.390 e. The standard InChI is InChI=1S/C12H22N2O2S/c15-11(14-9-10-3-1-8-17-10)13-7-6-12(16)4-2-5-12/h10,16H,1-9H2,(H2,13,14,15)/t10-/m0/s1. The molecule has 1 aliphatic heterocycles. The molecule has 2 aliphatic rings. The topological polar surface area (TPSA) is 61.4 Å². The Morgan fingerprint density at radius 1 is 1.35 bits per heavy atom. The molecule has 2 amide bonds. The lowest BCUT2D eigenvalue weighted by Gasteiger charge is -2.36. The molecule has 1 atom stereocenters. The lowest BCUT2D eigenvalue weighted by molar-refractivity contribution is -0.0388. The molecule has 3 N–H and O–H groups in total. The minimum absolute atomic E-state index is 0.0968. The van der Waals surface area contributed by atoms with Crippen molar-refractivity contribution in [3.63, 3.8) is 0 Å². The second kappa shape index (κ2) is 5.96. The smallest absolute Gasteiger partial charge is 0.314 e. The number of hydrogen-bond acceptors (Lipinski definition) is 3. The van der Waals surface area contributed by atoms with Crippen molar-refractivity contribution >= 4 is 17.8 Å². The third-order valence-corrected chi connectivity index (χ3v) is 5.07. The van der Waals surface area contributed by atoms with Gasteiger partial charge in [0.15, 0.2) is 0 Å². The number of hydrogen-bond donors (Lipinski definition) is 3. The minimum Gasteiger partial charge on any atom is -0.390 e. The van der Waals surface area contributed by atoms with Gasteiger partial charge in [0.05, 0.1) is 5.60 Å². The molecule has 0 aromatic heterocycles. The van der Waals surface area contributed by atoms with E-state index in [-0.39, 0.29) is 6.03 Å². The van der Waals surface area contributed by atoms with E-state index < -0.39 is 5.60 Å². The molecule has 17 heavy (non-hydrogen) atoms. The highest BCUT2D eigenvalue weighted by Crippen LogP contribution is 2.34. The summed E-state index contributed by atoms with van der Waals surface area (Å²) in [6, 6.07) is -0.0968. The van der Waals surface area contributed by atoms with Gasteiger partial charge < -0.3 is 15.7 Å². The second-order valence-corrected chi connectivity index (χ2v) is 6.51. The van der Waals surface area contributed by atoms with Crippen molar-refractivity contribution in [2.24, 2.45) is 0 Å². The van der Waals surface area contributed by atoms with Crippen molar-refractivity contribution in [3.05, 3.63) is 0 Å². The van der Waals surface area contributed by atoms with Gasteiger partial charge in [0, 0.05) is 18.3 Å². The third-order valence-electron chi connectivity index (χ3n) is 3.67. The van der Waals surface area contributed by atoms with Crippen LogP contribution in [0.1, 0.15) is 38.5 Å². The molecule has 1 heterocycles. The zero-order valence-electron chi connectivity index (χ0n) is 10.2. The predicted octanol–water partition coefficient (Wildman–Crippen LogP) is 1.49. The second-order valence-electron chi connectivity index (χ2n) is 5.10. The highest BCUT2D eigenvalue weighted by molar-refractivity contribution is 8.00. The van der Waals surface area contributed by atoms with E-state index in [0.29, 0.717) is 18.2 Å². The maximum atomic E-state index is 11.5. The Hall–Kier alpha value is -0.420. The Morgan fingerprint density at radius 2 is 2.18 bits per heavy atom. The molecule has 98 valence electrons. The Morgan fingerprint density at radius 3 is 2.76 bits per heavy atom. The Balaban J connectivity index is 1.51. The van der Waals surface area contributed by atoms with Crippen molar-refractivity contribution in [1.29, 1.82) is 0 Å². The molecule has 0 spiro atoms. The van der Waals surface area contributed by atoms with Crippen molar-refractivity contribution in [2.75, 3.05) is 18.8 Å². The Kier molecular flexibility index (Phi) is 4.56. The summed E-state index contributed by atoms with van der Waals surface area (Å²) in [5.74, 6) is 1.22. The molecule has 0 aromatic carbocycles. The summed E-state index contributed by atoms with van der Waals surface area (Å²) in [4.78, 5) is 11.5. The van der Waals surface area contributed by atoms with Crippen LogP contribution < -0.4 is 10.6 Å². The molecule has 0 bridgehead atoms. The molecule has 0 radical (unpaired) electrons. The summed E-state index contributed by atoms with van der Waals surface area (Å²) in [6.45, 7) is 1.33. The molecule has 0 unspecified atom stereocenters. The van der Waals surface area contributed by atoms with E-state index in [1.165, 1.54) is 18.6 Å². The number of carbonyl (C=O) groups excluding carboxylic acids is 1. The average molecular weight is 258 g/mol. The van der Waals surface area contributed by atoms with Crippen LogP contribution >= 0.6 is 11.8 Å². The Labute approximate surface area is 107 Å². The fraction of sp³-hybridized carbons (Fsp3) is 0.917. The maximum Gasteiger partial charge on any atom is 0.314 e. The summed E-state index contributed by atoms with van der Waals surface area (Å²) >= 11 is 1.94. The van der Waals surface area contributed by atoms with Crippen LogP contribution in [0.5, 0.6) is 0 Å². The summed E-state index contributed by atoms with van der Waals surface area (Å²) < 4.78 is 0. The van der Waals surface area contributed by atoms with Crippen LogP contribution in [0, 0.1) is 0 Å². The number of thioether (sulfide) groups is 1. The monoisotopic (exact) mass is 258 g/mol. The first-order chi connectivity index (χ1) is 8.18. The Bertz CT molecular complexity index is 263. The maximum absolute atomic E-state index is 11.5. The SMILES string of the molecule is O=C(NCCC1(O)CCC1)NC[C@@H]1CCCS1. The predicted molar refractivity (Wildman–Crippen MR) is 70.3 cm³/mol. The molecular weight excluding hydrogens is 236 g/mol. The molecular formula is C12H22N2O2S. The van der Waals surface area contributed by atoms with Crippen LogP contribution in [0.2, 0.25) is 0 Å². The van der Waals surface area contributed by atoms with Crippen molar-refractivity contribution in [3.8, 4) is 0 Å². The molecule has 2 fully saturated rings. The van der Waals surface area contributed by atoms with Gasteiger partial charge in [0.2, 0.25) is 0 Å². The van der Waals surface area contributed by atoms with Gasteiger partial charge >= 0.3 is 6.03 Å². The highest BCUT2D eigenvalue weighted by atomic mass is 32.2. The molecule has 1 saturated heterocycles.